The van der Waals surface area contributed by atoms with E-state index in [1.807, 2.05) is 0 Å². The minimum Gasteiger partial charge on any atom is -0.456 e. The molecule has 1 atom stereocenters. The van der Waals surface area contributed by atoms with Crippen LogP contribution in [0, 0.1) is 0 Å². The van der Waals surface area contributed by atoms with Gasteiger partial charge in [0.1, 0.15) is 11.2 Å². The zero-order chi connectivity index (χ0) is 32.5. The summed E-state index contributed by atoms with van der Waals surface area (Å²) in [7, 11) is 0. The molecule has 0 saturated heterocycles. The molecule has 1 heteroatoms. The summed E-state index contributed by atoms with van der Waals surface area (Å²) in [6.07, 6.45) is 0.884. The van der Waals surface area contributed by atoms with Crippen molar-refractivity contribution >= 4 is 21.9 Å². The summed E-state index contributed by atoms with van der Waals surface area (Å²) in [6, 6.07) is 47.5. The topological polar surface area (TPSA) is 13.1 Å². The molecule has 0 aliphatic heterocycles. The predicted molar refractivity (Wildman–Crippen MR) is 199 cm³/mol. The molecular weight excluding hydrogens is 569 g/mol. The first-order chi connectivity index (χ1) is 22.6. The van der Waals surface area contributed by atoms with Crippen LogP contribution in [0.5, 0.6) is 0 Å². The first-order valence-electron chi connectivity index (χ1n) is 17.0. The van der Waals surface area contributed by atoms with Crippen LogP contribution in [0.2, 0.25) is 0 Å². The molecule has 0 fully saturated rings. The van der Waals surface area contributed by atoms with Crippen molar-refractivity contribution in [2.45, 2.75) is 64.7 Å². The van der Waals surface area contributed by atoms with Gasteiger partial charge in [-0.15, -0.1) is 0 Å². The van der Waals surface area contributed by atoms with Crippen molar-refractivity contribution in [2.24, 2.45) is 0 Å². The molecule has 6 aromatic carbocycles. The van der Waals surface area contributed by atoms with Gasteiger partial charge in [-0.05, 0) is 103 Å². The second-order valence-corrected chi connectivity index (χ2v) is 15.0. The van der Waals surface area contributed by atoms with E-state index < -0.39 is 0 Å². The highest BCUT2D eigenvalue weighted by Gasteiger charge is 2.40. The molecule has 1 heterocycles. The summed E-state index contributed by atoms with van der Waals surface area (Å²) < 4.78 is 6.57. The van der Waals surface area contributed by atoms with E-state index in [-0.39, 0.29) is 10.8 Å². The molecule has 0 spiro atoms. The molecule has 0 N–H and O–H groups in total. The van der Waals surface area contributed by atoms with Gasteiger partial charge in [0, 0.05) is 16.2 Å². The van der Waals surface area contributed by atoms with Gasteiger partial charge in [0.2, 0.25) is 0 Å². The highest BCUT2D eigenvalue weighted by atomic mass is 16.3. The van der Waals surface area contributed by atoms with Gasteiger partial charge < -0.3 is 4.42 Å². The van der Waals surface area contributed by atoms with Gasteiger partial charge in [0.25, 0.3) is 0 Å². The molecule has 0 bridgehead atoms. The third-order valence-electron chi connectivity index (χ3n) is 10.5. The van der Waals surface area contributed by atoms with Crippen molar-refractivity contribution < 1.29 is 4.42 Å². The van der Waals surface area contributed by atoms with Crippen LogP contribution < -0.4 is 0 Å². The summed E-state index contributed by atoms with van der Waals surface area (Å²) >= 11 is 0. The molecule has 0 amide bonds. The molecule has 1 aliphatic carbocycles. The number of rotatable bonds is 5. The van der Waals surface area contributed by atoms with E-state index in [9.17, 15) is 0 Å². The highest BCUT2D eigenvalue weighted by Crippen LogP contribution is 2.52. The SMILES string of the molecule is CC(C)c1ccc(-c2ccc3c(c2)C(C)(Cc2cccc4oc5cc(-c6ccc(C(C)(C)C)cc6)ccc5c24)c2ccccc2-3)cc1. The number of furan rings is 1. The third kappa shape index (κ3) is 4.92. The van der Waals surface area contributed by atoms with Crippen molar-refractivity contribution in [3.05, 3.63) is 155 Å². The fourth-order valence-corrected chi connectivity index (χ4v) is 7.78. The molecule has 8 rings (SSSR count). The van der Waals surface area contributed by atoms with Crippen LogP contribution in [-0.4, -0.2) is 0 Å². The Morgan fingerprint density at radius 2 is 1.23 bits per heavy atom. The average Bonchev–Trinajstić information content (AvgIpc) is 3.57. The lowest BCUT2D eigenvalue weighted by atomic mass is 9.74. The van der Waals surface area contributed by atoms with Crippen LogP contribution in [-0.2, 0) is 17.3 Å². The maximum absolute atomic E-state index is 6.57. The summed E-state index contributed by atoms with van der Waals surface area (Å²) in [5.74, 6) is 0.523. The number of hydrogen-bond donors (Lipinski definition) is 0. The largest absolute Gasteiger partial charge is 0.456 e. The van der Waals surface area contributed by atoms with Crippen molar-refractivity contribution in [3.63, 3.8) is 0 Å². The Kier molecular flexibility index (Phi) is 6.81. The minimum absolute atomic E-state index is 0.134. The van der Waals surface area contributed by atoms with E-state index in [1.165, 1.54) is 72.0 Å². The average molecular weight is 611 g/mol. The molecule has 0 radical (unpaired) electrons. The summed E-state index contributed by atoms with van der Waals surface area (Å²) in [5, 5.41) is 2.41. The smallest absolute Gasteiger partial charge is 0.136 e. The Hall–Kier alpha value is -4.88. The minimum atomic E-state index is -0.188. The third-order valence-corrected chi connectivity index (χ3v) is 10.5. The van der Waals surface area contributed by atoms with E-state index in [0.717, 1.165) is 17.6 Å². The van der Waals surface area contributed by atoms with Gasteiger partial charge >= 0.3 is 0 Å². The van der Waals surface area contributed by atoms with E-state index in [1.54, 1.807) is 0 Å². The molecule has 1 aliphatic rings. The summed E-state index contributed by atoms with van der Waals surface area (Å²) in [6.45, 7) is 13.7. The quantitative estimate of drug-likeness (QED) is 0.189. The van der Waals surface area contributed by atoms with Crippen LogP contribution in [0.4, 0.5) is 0 Å². The van der Waals surface area contributed by atoms with Gasteiger partial charge in [-0.2, -0.15) is 0 Å². The fourth-order valence-electron chi connectivity index (χ4n) is 7.78. The Bertz CT molecular complexity index is 2270. The lowest BCUT2D eigenvalue weighted by Gasteiger charge is -2.28. The lowest BCUT2D eigenvalue weighted by molar-refractivity contribution is 0.585. The Morgan fingerprint density at radius 1 is 0.596 bits per heavy atom. The van der Waals surface area contributed by atoms with Gasteiger partial charge in [0.15, 0.2) is 0 Å². The Labute approximate surface area is 278 Å². The van der Waals surface area contributed by atoms with Crippen LogP contribution in [0.15, 0.2) is 132 Å². The van der Waals surface area contributed by atoms with Gasteiger partial charge in [0.05, 0.1) is 0 Å². The molecular formula is C46H42O. The Morgan fingerprint density at radius 3 is 1.96 bits per heavy atom. The van der Waals surface area contributed by atoms with Gasteiger partial charge in [-0.1, -0.05) is 145 Å². The molecule has 7 aromatic rings. The van der Waals surface area contributed by atoms with Crippen LogP contribution in [0.3, 0.4) is 0 Å². The molecule has 1 aromatic heterocycles. The number of fused-ring (bicyclic) bond motifs is 6. The van der Waals surface area contributed by atoms with Gasteiger partial charge in [-0.3, -0.25) is 0 Å². The van der Waals surface area contributed by atoms with E-state index in [4.69, 9.17) is 4.42 Å². The second-order valence-electron chi connectivity index (χ2n) is 15.0. The van der Waals surface area contributed by atoms with Crippen molar-refractivity contribution in [1.82, 2.24) is 0 Å². The highest BCUT2D eigenvalue weighted by molar-refractivity contribution is 6.08. The molecule has 0 saturated carbocycles. The number of hydrogen-bond acceptors (Lipinski definition) is 1. The van der Waals surface area contributed by atoms with Crippen molar-refractivity contribution in [3.8, 4) is 33.4 Å². The first kappa shape index (κ1) is 29.5. The normalized spacial score (nSPS) is 15.8. The molecule has 1 unspecified atom stereocenters. The van der Waals surface area contributed by atoms with Crippen molar-refractivity contribution in [2.75, 3.05) is 0 Å². The zero-order valence-electron chi connectivity index (χ0n) is 28.3. The van der Waals surface area contributed by atoms with E-state index in [2.05, 4.69) is 169 Å². The van der Waals surface area contributed by atoms with Crippen LogP contribution in [0.25, 0.3) is 55.3 Å². The molecule has 1 nitrogen and oxygen atoms in total. The van der Waals surface area contributed by atoms with Crippen LogP contribution in [0.1, 0.15) is 75.3 Å². The summed E-state index contributed by atoms with van der Waals surface area (Å²) in [5.41, 5.74) is 16.3. The van der Waals surface area contributed by atoms with Gasteiger partial charge in [-0.25, -0.2) is 0 Å². The fraction of sp³-hybridized carbons (Fsp3) is 0.217. The first-order valence-corrected chi connectivity index (χ1v) is 17.0. The maximum Gasteiger partial charge on any atom is 0.136 e. The summed E-state index contributed by atoms with van der Waals surface area (Å²) in [4.78, 5) is 0. The standard InChI is InChI=1S/C46H42O/c1-29(2)30-14-16-31(17-15-30)33-20-24-38-37-11-7-8-12-40(37)46(6,41(38)26-33)28-35-10-9-13-42-44(35)39-25-21-34(27-43(39)47-42)32-18-22-36(23-19-32)45(3,4)5/h7-27,29H,28H2,1-6H3. The zero-order valence-corrected chi connectivity index (χ0v) is 28.3. The second kappa shape index (κ2) is 10.8. The molecule has 47 heavy (non-hydrogen) atoms. The van der Waals surface area contributed by atoms with Crippen LogP contribution >= 0.6 is 0 Å². The van der Waals surface area contributed by atoms with E-state index in [0.29, 0.717) is 5.92 Å². The van der Waals surface area contributed by atoms with Crippen molar-refractivity contribution in [1.29, 1.82) is 0 Å². The lowest BCUT2D eigenvalue weighted by Crippen LogP contribution is -2.24. The Balaban J connectivity index is 1.21. The predicted octanol–water partition coefficient (Wildman–Crippen LogP) is 12.9. The molecule has 232 valence electrons. The van der Waals surface area contributed by atoms with E-state index >= 15 is 0 Å². The maximum atomic E-state index is 6.57. The number of benzene rings is 6. The monoisotopic (exact) mass is 610 g/mol.